The fourth-order valence-corrected chi connectivity index (χ4v) is 1.46. The number of urea groups is 1. The smallest absolute Gasteiger partial charge is 0.341 e. The highest BCUT2D eigenvalue weighted by atomic mass is 16.5. The van der Waals surface area contributed by atoms with E-state index in [1.807, 2.05) is 6.92 Å². The maximum Gasteiger partial charge on any atom is 0.341 e. The number of carbonyl (C=O) groups is 2. The molecule has 6 heteroatoms. The van der Waals surface area contributed by atoms with Gasteiger partial charge in [-0.3, -0.25) is 0 Å². The van der Waals surface area contributed by atoms with E-state index in [1.165, 1.54) is 0 Å². The van der Waals surface area contributed by atoms with Gasteiger partial charge in [-0.25, -0.2) is 9.59 Å². The van der Waals surface area contributed by atoms with Crippen molar-refractivity contribution in [3.05, 3.63) is 24.3 Å². The van der Waals surface area contributed by atoms with Crippen molar-refractivity contribution in [3.8, 4) is 5.75 Å². The Hall–Kier alpha value is -2.24. The monoisotopic (exact) mass is 266 g/mol. The van der Waals surface area contributed by atoms with E-state index in [0.717, 1.165) is 6.42 Å². The fourth-order valence-electron chi connectivity index (χ4n) is 1.46. The average molecular weight is 266 g/mol. The van der Waals surface area contributed by atoms with Crippen molar-refractivity contribution in [2.45, 2.75) is 13.3 Å². The Morgan fingerprint density at radius 1 is 1.42 bits per heavy atom. The van der Waals surface area contributed by atoms with Crippen LogP contribution in [0.15, 0.2) is 24.3 Å². The number of benzene rings is 1. The molecule has 0 atom stereocenters. The maximum atomic E-state index is 11.8. The zero-order valence-electron chi connectivity index (χ0n) is 11.0. The van der Waals surface area contributed by atoms with Gasteiger partial charge in [0.2, 0.25) is 0 Å². The topological polar surface area (TPSA) is 78.9 Å². The van der Waals surface area contributed by atoms with Crippen molar-refractivity contribution >= 4 is 17.7 Å². The van der Waals surface area contributed by atoms with Crippen LogP contribution >= 0.6 is 0 Å². The number of hydrogen-bond acceptors (Lipinski definition) is 3. The average Bonchev–Trinajstić information content (AvgIpc) is 2.37. The molecule has 2 amide bonds. The van der Waals surface area contributed by atoms with Crippen molar-refractivity contribution in [1.82, 2.24) is 4.90 Å². The molecule has 1 aromatic rings. The Morgan fingerprint density at radius 2 is 2.16 bits per heavy atom. The molecule has 6 nitrogen and oxygen atoms in total. The number of ether oxygens (including phenoxy) is 1. The summed E-state index contributed by atoms with van der Waals surface area (Å²) >= 11 is 0. The molecule has 0 bridgehead atoms. The molecule has 0 aliphatic heterocycles. The van der Waals surface area contributed by atoms with Crippen LogP contribution in [0.2, 0.25) is 0 Å². The molecule has 1 rings (SSSR count). The number of carboxylic acid groups (broad SMARTS) is 1. The highest BCUT2D eigenvalue weighted by Gasteiger charge is 2.08. The third-order valence-corrected chi connectivity index (χ3v) is 2.35. The van der Waals surface area contributed by atoms with Crippen LogP contribution in [-0.4, -0.2) is 42.2 Å². The van der Waals surface area contributed by atoms with Crippen LogP contribution in [0.5, 0.6) is 5.75 Å². The summed E-state index contributed by atoms with van der Waals surface area (Å²) in [5.74, 6) is -0.643. The summed E-state index contributed by atoms with van der Waals surface area (Å²) in [6.07, 6.45) is 0.881. The number of nitrogens with one attached hydrogen (secondary N) is 1. The van der Waals surface area contributed by atoms with Crippen molar-refractivity contribution in [2.24, 2.45) is 0 Å². The van der Waals surface area contributed by atoms with E-state index in [-0.39, 0.29) is 6.03 Å². The highest BCUT2D eigenvalue weighted by Crippen LogP contribution is 2.17. The number of rotatable bonds is 6. The molecule has 0 aliphatic rings. The molecular formula is C13H18N2O4. The molecule has 0 fully saturated rings. The first kappa shape index (κ1) is 14.8. The van der Waals surface area contributed by atoms with E-state index >= 15 is 0 Å². The first-order chi connectivity index (χ1) is 9.02. The van der Waals surface area contributed by atoms with Crippen LogP contribution < -0.4 is 10.1 Å². The van der Waals surface area contributed by atoms with Gasteiger partial charge in [0.05, 0.1) is 0 Å². The largest absolute Gasteiger partial charge is 0.482 e. The first-order valence-electron chi connectivity index (χ1n) is 5.99. The Morgan fingerprint density at radius 3 is 2.79 bits per heavy atom. The van der Waals surface area contributed by atoms with Crippen molar-refractivity contribution in [3.63, 3.8) is 0 Å². The first-order valence-corrected chi connectivity index (χ1v) is 5.99. The quantitative estimate of drug-likeness (QED) is 0.825. The van der Waals surface area contributed by atoms with Crippen LogP contribution in [-0.2, 0) is 4.79 Å². The summed E-state index contributed by atoms with van der Waals surface area (Å²) in [5, 5.41) is 11.2. The second-order valence-corrected chi connectivity index (χ2v) is 4.06. The number of amides is 2. The van der Waals surface area contributed by atoms with Crippen LogP contribution in [0.3, 0.4) is 0 Å². The number of carboxylic acids is 1. The second kappa shape index (κ2) is 7.25. The zero-order valence-corrected chi connectivity index (χ0v) is 11.0. The van der Waals surface area contributed by atoms with Gasteiger partial charge in [0.1, 0.15) is 5.75 Å². The van der Waals surface area contributed by atoms with Crippen molar-refractivity contribution in [1.29, 1.82) is 0 Å². The predicted molar refractivity (Wildman–Crippen MR) is 71.5 cm³/mol. The van der Waals surface area contributed by atoms with Crippen LogP contribution in [0, 0.1) is 0 Å². The molecule has 0 heterocycles. The minimum Gasteiger partial charge on any atom is -0.482 e. The number of aliphatic carboxylic acids is 1. The van der Waals surface area contributed by atoms with Crippen LogP contribution in [0.4, 0.5) is 10.5 Å². The van der Waals surface area contributed by atoms with E-state index in [9.17, 15) is 9.59 Å². The summed E-state index contributed by atoms with van der Waals surface area (Å²) in [6.45, 7) is 2.25. The molecule has 1 aromatic carbocycles. The molecule has 0 saturated carbocycles. The third kappa shape index (κ3) is 5.29. The number of anilines is 1. The van der Waals surface area contributed by atoms with Crippen molar-refractivity contribution < 1.29 is 19.4 Å². The molecule has 0 aromatic heterocycles. The summed E-state index contributed by atoms with van der Waals surface area (Å²) in [5.41, 5.74) is 0.566. The van der Waals surface area contributed by atoms with Gasteiger partial charge in [0.15, 0.2) is 6.61 Å². The Balaban J connectivity index is 2.61. The normalized spacial score (nSPS) is 9.79. The standard InChI is InChI=1S/C13H18N2O4/c1-3-7-15(2)13(18)14-10-5-4-6-11(8-10)19-9-12(16)17/h4-6,8H,3,7,9H2,1-2H3,(H,14,18)(H,16,17). The summed E-state index contributed by atoms with van der Waals surface area (Å²) in [6, 6.07) is 6.41. The van der Waals surface area contributed by atoms with Gasteiger partial charge in [0, 0.05) is 25.3 Å². The number of carbonyl (C=O) groups excluding carboxylic acids is 1. The second-order valence-electron chi connectivity index (χ2n) is 4.06. The van der Waals surface area contributed by atoms with E-state index in [2.05, 4.69) is 5.32 Å². The van der Waals surface area contributed by atoms with Crippen molar-refractivity contribution in [2.75, 3.05) is 25.5 Å². The van der Waals surface area contributed by atoms with Gasteiger partial charge in [-0.15, -0.1) is 0 Å². The van der Waals surface area contributed by atoms with Crippen LogP contribution in [0.25, 0.3) is 0 Å². The van der Waals surface area contributed by atoms with Crippen LogP contribution in [0.1, 0.15) is 13.3 Å². The Bertz CT molecular complexity index is 448. The van der Waals surface area contributed by atoms with Gasteiger partial charge >= 0.3 is 12.0 Å². The molecule has 0 unspecified atom stereocenters. The van der Waals surface area contributed by atoms with E-state index in [4.69, 9.17) is 9.84 Å². The fraction of sp³-hybridized carbons (Fsp3) is 0.385. The maximum absolute atomic E-state index is 11.8. The molecule has 0 radical (unpaired) electrons. The Kier molecular flexibility index (Phi) is 5.66. The summed E-state index contributed by atoms with van der Waals surface area (Å²) in [4.78, 5) is 23.7. The van der Waals surface area contributed by atoms with Gasteiger partial charge in [-0.1, -0.05) is 13.0 Å². The lowest BCUT2D eigenvalue weighted by Gasteiger charge is -2.17. The molecule has 0 aliphatic carbocycles. The summed E-state index contributed by atoms with van der Waals surface area (Å²) < 4.78 is 5.03. The lowest BCUT2D eigenvalue weighted by molar-refractivity contribution is -0.139. The molecule has 104 valence electrons. The van der Waals surface area contributed by atoms with E-state index in [0.29, 0.717) is 18.0 Å². The molecular weight excluding hydrogens is 248 g/mol. The van der Waals surface area contributed by atoms with E-state index in [1.54, 1.807) is 36.2 Å². The predicted octanol–water partition coefficient (Wildman–Crippen LogP) is 2.02. The minimum atomic E-state index is -1.04. The van der Waals surface area contributed by atoms with Gasteiger partial charge in [-0.2, -0.15) is 0 Å². The van der Waals surface area contributed by atoms with Gasteiger partial charge in [-0.05, 0) is 18.6 Å². The van der Waals surface area contributed by atoms with Gasteiger partial charge in [0.25, 0.3) is 0 Å². The third-order valence-electron chi connectivity index (χ3n) is 2.35. The highest BCUT2D eigenvalue weighted by molar-refractivity contribution is 5.89. The Labute approximate surface area is 112 Å². The minimum absolute atomic E-state index is 0.211. The zero-order chi connectivity index (χ0) is 14.3. The lowest BCUT2D eigenvalue weighted by atomic mass is 10.3. The van der Waals surface area contributed by atoms with Gasteiger partial charge < -0.3 is 20.1 Å². The SMILES string of the molecule is CCCN(C)C(=O)Nc1cccc(OCC(=O)O)c1. The van der Waals surface area contributed by atoms with E-state index < -0.39 is 12.6 Å². The lowest BCUT2D eigenvalue weighted by Crippen LogP contribution is -2.31. The molecule has 0 saturated heterocycles. The molecule has 0 spiro atoms. The molecule has 19 heavy (non-hydrogen) atoms. The number of nitrogens with zero attached hydrogens (tertiary/aromatic N) is 1. The molecule has 2 N–H and O–H groups in total. The number of hydrogen-bond donors (Lipinski definition) is 2. The summed E-state index contributed by atoms with van der Waals surface area (Å²) in [7, 11) is 1.71.